The lowest BCUT2D eigenvalue weighted by Gasteiger charge is -2.07. The maximum atomic E-state index is 11.1. The Bertz CT molecular complexity index is 543. The number of H-pyrrole nitrogens is 1. The van der Waals surface area contributed by atoms with E-state index in [2.05, 4.69) is 4.98 Å². The average Bonchev–Trinajstić information content (AvgIpc) is 2.69. The Morgan fingerprint density at radius 1 is 1.47 bits per heavy atom. The number of aromatic nitrogens is 1. The van der Waals surface area contributed by atoms with Crippen molar-refractivity contribution in [1.82, 2.24) is 4.98 Å². The van der Waals surface area contributed by atoms with Gasteiger partial charge in [0.1, 0.15) is 0 Å². The molecule has 17 heavy (non-hydrogen) atoms. The summed E-state index contributed by atoms with van der Waals surface area (Å²) in [6, 6.07) is 5.20. The Morgan fingerprint density at radius 2 is 2.24 bits per heavy atom. The molecule has 1 aromatic heterocycles. The fraction of sp³-hybridized carbons (Fsp3) is 0.308. The van der Waals surface area contributed by atoms with Crippen LogP contribution in [-0.2, 0) is 11.3 Å². The lowest BCUT2D eigenvalue weighted by Crippen LogP contribution is -2.03. The van der Waals surface area contributed by atoms with E-state index >= 15 is 0 Å². The first-order valence-electron chi connectivity index (χ1n) is 5.53. The van der Waals surface area contributed by atoms with Gasteiger partial charge in [0.2, 0.25) is 0 Å². The molecule has 2 N–H and O–H groups in total. The summed E-state index contributed by atoms with van der Waals surface area (Å²) in [6.45, 7) is 4.32. The topological polar surface area (TPSA) is 62.3 Å². The first-order valence-corrected chi connectivity index (χ1v) is 5.53. The Morgan fingerprint density at radius 3 is 2.88 bits per heavy atom. The summed E-state index contributed by atoms with van der Waals surface area (Å²) in [6.07, 6.45) is 1.93. The normalized spacial score (nSPS) is 11.2. The molecule has 0 saturated carbocycles. The highest BCUT2D eigenvalue weighted by Gasteiger charge is 2.13. The van der Waals surface area contributed by atoms with Gasteiger partial charge in [-0.15, -0.1) is 0 Å². The number of carbonyl (C=O) groups is 1. The van der Waals surface area contributed by atoms with Crippen LogP contribution < -0.4 is 0 Å². The first kappa shape index (κ1) is 11.7. The lowest BCUT2D eigenvalue weighted by atomic mass is 10.1. The second kappa shape index (κ2) is 4.59. The van der Waals surface area contributed by atoms with Gasteiger partial charge >= 0.3 is 5.97 Å². The van der Waals surface area contributed by atoms with Gasteiger partial charge in [-0.05, 0) is 26.0 Å². The standard InChI is InChI=1S/C13H15NO3/c1-8(2)17-7-9-6-14-11-5-3-4-10(12(9)11)13(15)16/h3-6,8,14H,7H2,1-2H3,(H,15,16). The second-order valence-electron chi connectivity index (χ2n) is 4.21. The quantitative estimate of drug-likeness (QED) is 0.853. The molecule has 1 aromatic carbocycles. The van der Waals surface area contributed by atoms with Crippen molar-refractivity contribution in [3.05, 3.63) is 35.5 Å². The fourth-order valence-electron chi connectivity index (χ4n) is 1.80. The van der Waals surface area contributed by atoms with Crippen LogP contribution in [0.4, 0.5) is 0 Å². The van der Waals surface area contributed by atoms with Crippen LogP contribution in [0.1, 0.15) is 29.8 Å². The number of aromatic carboxylic acids is 1. The molecule has 0 radical (unpaired) electrons. The van der Waals surface area contributed by atoms with Crippen LogP contribution in [0.25, 0.3) is 10.9 Å². The van der Waals surface area contributed by atoms with Gasteiger partial charge in [-0.25, -0.2) is 4.79 Å². The predicted octanol–water partition coefficient (Wildman–Crippen LogP) is 2.79. The van der Waals surface area contributed by atoms with E-state index in [4.69, 9.17) is 9.84 Å². The molecule has 0 atom stereocenters. The Hall–Kier alpha value is -1.81. The SMILES string of the molecule is CC(C)OCc1c[nH]c2cccc(C(=O)O)c12. The van der Waals surface area contributed by atoms with E-state index in [0.29, 0.717) is 12.2 Å². The number of benzene rings is 1. The third kappa shape index (κ3) is 2.31. The van der Waals surface area contributed by atoms with Crippen molar-refractivity contribution in [3.8, 4) is 0 Å². The molecule has 0 spiro atoms. The van der Waals surface area contributed by atoms with Gasteiger partial charge in [0, 0.05) is 22.7 Å². The maximum absolute atomic E-state index is 11.1. The number of hydrogen-bond acceptors (Lipinski definition) is 2. The molecule has 4 nitrogen and oxygen atoms in total. The summed E-state index contributed by atoms with van der Waals surface area (Å²) < 4.78 is 5.52. The number of carboxylic acids is 1. The van der Waals surface area contributed by atoms with Crippen LogP contribution in [0.15, 0.2) is 24.4 Å². The molecule has 2 rings (SSSR count). The molecule has 1 heterocycles. The number of fused-ring (bicyclic) bond motifs is 1. The number of ether oxygens (including phenoxy) is 1. The molecule has 0 unspecified atom stereocenters. The van der Waals surface area contributed by atoms with Crippen molar-refractivity contribution < 1.29 is 14.6 Å². The number of aromatic amines is 1. The van der Waals surface area contributed by atoms with Gasteiger partial charge in [0.15, 0.2) is 0 Å². The number of nitrogens with one attached hydrogen (secondary N) is 1. The van der Waals surface area contributed by atoms with Crippen LogP contribution in [0, 0.1) is 0 Å². The summed E-state index contributed by atoms with van der Waals surface area (Å²) in [5.74, 6) is -0.916. The predicted molar refractivity (Wildman–Crippen MR) is 65.2 cm³/mol. The van der Waals surface area contributed by atoms with Crippen molar-refractivity contribution >= 4 is 16.9 Å². The zero-order valence-corrected chi connectivity index (χ0v) is 9.86. The van der Waals surface area contributed by atoms with Crippen LogP contribution in [0.2, 0.25) is 0 Å². The van der Waals surface area contributed by atoms with Crippen molar-refractivity contribution in [2.24, 2.45) is 0 Å². The van der Waals surface area contributed by atoms with Crippen LogP contribution in [-0.4, -0.2) is 22.2 Å². The third-order valence-corrected chi connectivity index (χ3v) is 2.59. The monoisotopic (exact) mass is 233 g/mol. The van der Waals surface area contributed by atoms with Crippen LogP contribution in [0.3, 0.4) is 0 Å². The van der Waals surface area contributed by atoms with E-state index in [1.165, 1.54) is 0 Å². The summed E-state index contributed by atoms with van der Waals surface area (Å²) >= 11 is 0. The highest BCUT2D eigenvalue weighted by Crippen LogP contribution is 2.23. The van der Waals surface area contributed by atoms with Crippen LogP contribution >= 0.6 is 0 Å². The minimum atomic E-state index is -0.916. The van der Waals surface area contributed by atoms with Crippen molar-refractivity contribution in [2.45, 2.75) is 26.6 Å². The van der Waals surface area contributed by atoms with Gasteiger partial charge < -0.3 is 14.8 Å². The Balaban J connectivity index is 2.46. The Labute approximate surface area is 99.2 Å². The number of carboxylic acid groups (broad SMARTS) is 1. The molecule has 0 fully saturated rings. The highest BCUT2D eigenvalue weighted by molar-refractivity contribution is 6.04. The summed E-state index contributed by atoms with van der Waals surface area (Å²) in [7, 11) is 0. The molecular formula is C13H15NO3. The van der Waals surface area contributed by atoms with E-state index < -0.39 is 5.97 Å². The van der Waals surface area contributed by atoms with E-state index in [0.717, 1.165) is 16.5 Å². The lowest BCUT2D eigenvalue weighted by molar-refractivity contribution is 0.0662. The fourth-order valence-corrected chi connectivity index (χ4v) is 1.80. The minimum Gasteiger partial charge on any atom is -0.478 e. The zero-order valence-electron chi connectivity index (χ0n) is 9.86. The highest BCUT2D eigenvalue weighted by atomic mass is 16.5. The van der Waals surface area contributed by atoms with E-state index in [-0.39, 0.29) is 6.10 Å². The second-order valence-corrected chi connectivity index (χ2v) is 4.21. The van der Waals surface area contributed by atoms with Crippen LogP contribution in [0.5, 0.6) is 0 Å². The molecular weight excluding hydrogens is 218 g/mol. The van der Waals surface area contributed by atoms with Crippen molar-refractivity contribution in [1.29, 1.82) is 0 Å². The van der Waals surface area contributed by atoms with Gasteiger partial charge in [-0.1, -0.05) is 6.07 Å². The number of rotatable bonds is 4. The molecule has 0 bridgehead atoms. The third-order valence-electron chi connectivity index (χ3n) is 2.59. The minimum absolute atomic E-state index is 0.122. The molecule has 4 heteroatoms. The van der Waals surface area contributed by atoms with Gasteiger partial charge in [0.05, 0.1) is 18.3 Å². The van der Waals surface area contributed by atoms with E-state index in [1.807, 2.05) is 19.9 Å². The summed E-state index contributed by atoms with van der Waals surface area (Å²) in [4.78, 5) is 14.2. The zero-order chi connectivity index (χ0) is 12.4. The molecule has 0 aliphatic rings. The molecule has 0 amide bonds. The molecule has 2 aromatic rings. The van der Waals surface area contributed by atoms with Crippen molar-refractivity contribution in [2.75, 3.05) is 0 Å². The van der Waals surface area contributed by atoms with E-state index in [9.17, 15) is 4.79 Å². The first-order chi connectivity index (χ1) is 8.09. The largest absolute Gasteiger partial charge is 0.478 e. The Kier molecular flexibility index (Phi) is 3.15. The van der Waals surface area contributed by atoms with Gasteiger partial charge in [-0.2, -0.15) is 0 Å². The average molecular weight is 233 g/mol. The number of hydrogen-bond donors (Lipinski definition) is 2. The molecule has 0 aliphatic carbocycles. The summed E-state index contributed by atoms with van der Waals surface area (Å²) in [5.41, 5.74) is 2.02. The van der Waals surface area contributed by atoms with Crippen molar-refractivity contribution in [3.63, 3.8) is 0 Å². The van der Waals surface area contributed by atoms with Gasteiger partial charge in [0.25, 0.3) is 0 Å². The molecule has 0 aliphatic heterocycles. The maximum Gasteiger partial charge on any atom is 0.336 e. The summed E-state index contributed by atoms with van der Waals surface area (Å²) in [5, 5.41) is 9.89. The smallest absolute Gasteiger partial charge is 0.336 e. The van der Waals surface area contributed by atoms with E-state index in [1.54, 1.807) is 18.3 Å². The molecule has 0 saturated heterocycles. The molecule has 90 valence electrons. The van der Waals surface area contributed by atoms with Gasteiger partial charge in [-0.3, -0.25) is 0 Å².